The van der Waals surface area contributed by atoms with Crippen LogP contribution in [0, 0.1) is 11.7 Å². The lowest BCUT2D eigenvalue weighted by atomic mass is 9.91. The molecule has 0 unspecified atom stereocenters. The van der Waals surface area contributed by atoms with Gasteiger partial charge in [-0.2, -0.15) is 0 Å². The molecule has 1 heterocycles. The van der Waals surface area contributed by atoms with E-state index in [4.69, 9.17) is 9.84 Å². The van der Waals surface area contributed by atoms with Gasteiger partial charge in [0.2, 0.25) is 0 Å². The van der Waals surface area contributed by atoms with Crippen molar-refractivity contribution >= 4 is 0 Å². The summed E-state index contributed by atoms with van der Waals surface area (Å²) < 4.78 is 18.2. The number of aryl methyl sites for hydroxylation is 1. The summed E-state index contributed by atoms with van der Waals surface area (Å²) in [6.45, 7) is 4.46. The number of hydrogen-bond donors (Lipinski definition) is 1. The van der Waals surface area contributed by atoms with Crippen LogP contribution in [0.5, 0.6) is 0 Å². The molecular weight excluding hydrogens is 269 g/mol. The Morgan fingerprint density at radius 1 is 1.24 bits per heavy atom. The molecule has 1 aliphatic heterocycles. The Balaban J connectivity index is 1.67. The standard InChI is InChI=1S/C17H26FNO2/c18-17-7-5-15(6-8-17)3-4-16-2-1-9-19(14-16)10-12-21-13-11-20/h5-8,16,20H,1-4,9-14H2/t16-/m0/s1. The minimum absolute atomic E-state index is 0.0975. The van der Waals surface area contributed by atoms with Crippen molar-refractivity contribution in [3.05, 3.63) is 35.6 Å². The van der Waals surface area contributed by atoms with Crippen LogP contribution in [0.3, 0.4) is 0 Å². The quantitative estimate of drug-likeness (QED) is 0.748. The first-order valence-electron chi connectivity index (χ1n) is 7.93. The van der Waals surface area contributed by atoms with E-state index in [0.29, 0.717) is 13.2 Å². The summed E-state index contributed by atoms with van der Waals surface area (Å²) in [5.74, 6) is 0.562. The normalized spacial score (nSPS) is 19.8. The fourth-order valence-electron chi connectivity index (χ4n) is 2.97. The average molecular weight is 295 g/mol. The minimum atomic E-state index is -0.162. The van der Waals surface area contributed by atoms with E-state index in [-0.39, 0.29) is 12.4 Å². The molecule has 2 rings (SSSR count). The SMILES string of the molecule is OCCOCCN1CCC[C@@H](CCc2ccc(F)cc2)C1. The van der Waals surface area contributed by atoms with Crippen LogP contribution in [0.1, 0.15) is 24.8 Å². The van der Waals surface area contributed by atoms with E-state index < -0.39 is 0 Å². The number of aliphatic hydroxyl groups excluding tert-OH is 1. The van der Waals surface area contributed by atoms with Crippen molar-refractivity contribution in [2.75, 3.05) is 39.5 Å². The van der Waals surface area contributed by atoms with Crippen molar-refractivity contribution in [1.29, 1.82) is 0 Å². The topological polar surface area (TPSA) is 32.7 Å². The Morgan fingerprint density at radius 2 is 2.05 bits per heavy atom. The highest BCUT2D eigenvalue weighted by atomic mass is 19.1. The number of rotatable bonds is 8. The van der Waals surface area contributed by atoms with Crippen molar-refractivity contribution in [3.8, 4) is 0 Å². The molecule has 118 valence electrons. The number of halogens is 1. The molecule has 0 bridgehead atoms. The van der Waals surface area contributed by atoms with Gasteiger partial charge in [0, 0.05) is 13.1 Å². The van der Waals surface area contributed by atoms with E-state index in [0.717, 1.165) is 32.0 Å². The molecule has 0 radical (unpaired) electrons. The van der Waals surface area contributed by atoms with Gasteiger partial charge in [0.1, 0.15) is 5.82 Å². The maximum absolute atomic E-state index is 12.9. The summed E-state index contributed by atoms with van der Waals surface area (Å²) in [4.78, 5) is 2.45. The Labute approximate surface area is 126 Å². The van der Waals surface area contributed by atoms with Gasteiger partial charge < -0.3 is 14.7 Å². The number of hydrogen-bond acceptors (Lipinski definition) is 3. The molecule has 0 spiro atoms. The highest BCUT2D eigenvalue weighted by Crippen LogP contribution is 2.21. The summed E-state index contributed by atoms with van der Waals surface area (Å²) in [5.41, 5.74) is 1.22. The summed E-state index contributed by atoms with van der Waals surface area (Å²) in [7, 11) is 0. The molecule has 1 N–H and O–H groups in total. The second-order valence-corrected chi connectivity index (χ2v) is 5.81. The van der Waals surface area contributed by atoms with E-state index in [2.05, 4.69) is 4.90 Å². The molecule has 0 aliphatic carbocycles. The maximum Gasteiger partial charge on any atom is 0.123 e. The van der Waals surface area contributed by atoms with Crippen molar-refractivity contribution in [1.82, 2.24) is 4.90 Å². The van der Waals surface area contributed by atoms with E-state index in [1.165, 1.54) is 24.8 Å². The molecule has 4 heteroatoms. The zero-order valence-corrected chi connectivity index (χ0v) is 12.6. The molecule has 0 aromatic heterocycles. The average Bonchev–Trinajstić information content (AvgIpc) is 2.52. The first-order chi connectivity index (χ1) is 10.3. The zero-order chi connectivity index (χ0) is 14.9. The van der Waals surface area contributed by atoms with Gasteiger partial charge in [0.25, 0.3) is 0 Å². The number of likely N-dealkylation sites (tertiary alicyclic amines) is 1. The van der Waals surface area contributed by atoms with Crippen LogP contribution in [-0.4, -0.2) is 49.5 Å². The summed E-state index contributed by atoms with van der Waals surface area (Å²) in [6, 6.07) is 6.86. The molecule has 1 aliphatic rings. The Kier molecular flexibility index (Phi) is 7.13. The zero-order valence-electron chi connectivity index (χ0n) is 12.6. The number of ether oxygens (including phenoxy) is 1. The lowest BCUT2D eigenvalue weighted by Gasteiger charge is -2.32. The van der Waals surface area contributed by atoms with E-state index in [1.807, 2.05) is 12.1 Å². The predicted octanol–water partition coefficient (Wildman–Crippen LogP) is 2.48. The Morgan fingerprint density at radius 3 is 2.81 bits per heavy atom. The minimum Gasteiger partial charge on any atom is -0.394 e. The van der Waals surface area contributed by atoms with Gasteiger partial charge in [-0.3, -0.25) is 0 Å². The van der Waals surface area contributed by atoms with Crippen LogP contribution in [0.2, 0.25) is 0 Å². The molecule has 1 aromatic rings. The third-order valence-electron chi connectivity index (χ3n) is 4.15. The second-order valence-electron chi connectivity index (χ2n) is 5.81. The molecule has 1 atom stereocenters. The van der Waals surface area contributed by atoms with E-state index in [9.17, 15) is 4.39 Å². The van der Waals surface area contributed by atoms with Gasteiger partial charge in [-0.05, 0) is 55.8 Å². The summed E-state index contributed by atoms with van der Waals surface area (Å²) >= 11 is 0. The maximum atomic E-state index is 12.9. The number of piperidine rings is 1. The van der Waals surface area contributed by atoms with Crippen LogP contribution in [0.15, 0.2) is 24.3 Å². The smallest absolute Gasteiger partial charge is 0.123 e. The van der Waals surface area contributed by atoms with Gasteiger partial charge >= 0.3 is 0 Å². The molecule has 0 amide bonds. The Bertz CT molecular complexity index is 396. The molecule has 1 saturated heterocycles. The van der Waals surface area contributed by atoms with Crippen molar-refractivity contribution < 1.29 is 14.2 Å². The van der Waals surface area contributed by atoms with Crippen LogP contribution >= 0.6 is 0 Å². The molecular formula is C17H26FNO2. The van der Waals surface area contributed by atoms with Crippen molar-refractivity contribution in [2.45, 2.75) is 25.7 Å². The lowest BCUT2D eigenvalue weighted by molar-refractivity contribution is 0.0618. The van der Waals surface area contributed by atoms with Crippen molar-refractivity contribution in [2.24, 2.45) is 5.92 Å². The molecule has 1 fully saturated rings. The Hall–Kier alpha value is -0.970. The lowest BCUT2D eigenvalue weighted by Crippen LogP contribution is -2.37. The van der Waals surface area contributed by atoms with Gasteiger partial charge in [-0.25, -0.2) is 4.39 Å². The van der Waals surface area contributed by atoms with Gasteiger partial charge in [0.05, 0.1) is 19.8 Å². The summed E-state index contributed by atoms with van der Waals surface area (Å²) in [5, 5.41) is 8.68. The van der Waals surface area contributed by atoms with Gasteiger partial charge in [-0.15, -0.1) is 0 Å². The van der Waals surface area contributed by atoms with Crippen LogP contribution in [0.4, 0.5) is 4.39 Å². The van der Waals surface area contributed by atoms with E-state index >= 15 is 0 Å². The van der Waals surface area contributed by atoms with E-state index in [1.54, 1.807) is 12.1 Å². The van der Waals surface area contributed by atoms with Gasteiger partial charge in [-0.1, -0.05) is 12.1 Å². The van der Waals surface area contributed by atoms with Crippen LogP contribution < -0.4 is 0 Å². The molecule has 21 heavy (non-hydrogen) atoms. The fourth-order valence-corrected chi connectivity index (χ4v) is 2.97. The number of nitrogens with zero attached hydrogens (tertiary/aromatic N) is 1. The first-order valence-corrected chi connectivity index (χ1v) is 7.93. The second kappa shape index (κ2) is 9.13. The summed E-state index contributed by atoms with van der Waals surface area (Å²) in [6.07, 6.45) is 4.72. The first kappa shape index (κ1) is 16.4. The molecule has 3 nitrogen and oxygen atoms in total. The number of aliphatic hydroxyl groups is 1. The van der Waals surface area contributed by atoms with Crippen molar-refractivity contribution in [3.63, 3.8) is 0 Å². The predicted molar refractivity (Wildman–Crippen MR) is 81.8 cm³/mol. The highest BCUT2D eigenvalue weighted by molar-refractivity contribution is 5.16. The third-order valence-corrected chi connectivity index (χ3v) is 4.15. The molecule has 1 aromatic carbocycles. The number of benzene rings is 1. The van der Waals surface area contributed by atoms with Crippen LogP contribution in [-0.2, 0) is 11.2 Å². The monoisotopic (exact) mass is 295 g/mol. The highest BCUT2D eigenvalue weighted by Gasteiger charge is 2.19. The van der Waals surface area contributed by atoms with Gasteiger partial charge in [0.15, 0.2) is 0 Å². The largest absolute Gasteiger partial charge is 0.394 e. The van der Waals surface area contributed by atoms with Crippen LogP contribution in [0.25, 0.3) is 0 Å². The molecule has 0 saturated carbocycles. The third kappa shape index (κ3) is 6.12. The fraction of sp³-hybridized carbons (Fsp3) is 0.647.